The van der Waals surface area contributed by atoms with Gasteiger partial charge in [0, 0.05) is 26.2 Å². The minimum atomic E-state index is -1.32. The molecule has 1 heterocycles. The number of hydrogen-bond acceptors (Lipinski definition) is 2. The first-order chi connectivity index (χ1) is 7.33. The predicted molar refractivity (Wildman–Crippen MR) is 78.5 cm³/mol. The quantitative estimate of drug-likeness (QED) is 0.711. The van der Waals surface area contributed by atoms with Crippen LogP contribution in [0.4, 0.5) is 0 Å². The van der Waals surface area contributed by atoms with Gasteiger partial charge in [0.2, 0.25) is 0 Å². The van der Waals surface area contributed by atoms with E-state index in [1.54, 1.807) is 0 Å². The molecule has 0 amide bonds. The Hall–Kier alpha value is -0.166. The fourth-order valence-electron chi connectivity index (χ4n) is 2.12. The van der Waals surface area contributed by atoms with E-state index in [0.29, 0.717) is 0 Å². The van der Waals surface area contributed by atoms with E-state index in [1.807, 2.05) is 0 Å². The molecule has 0 radical (unpaired) electrons. The summed E-state index contributed by atoms with van der Waals surface area (Å²) in [7, 11) is -2.63. The maximum Gasteiger partial charge on any atom is 0.146 e. The number of hydrogen-bond donors (Lipinski definition) is 0. The number of rotatable bonds is 4. The summed E-state index contributed by atoms with van der Waals surface area (Å²) < 4.78 is 5.31. The summed E-state index contributed by atoms with van der Waals surface area (Å²) in [5.74, 6) is 0. The van der Waals surface area contributed by atoms with Crippen LogP contribution in [0.15, 0.2) is 24.6 Å². The SMILES string of the molecule is C=C[Si](C)(C)N1CCN([Si](C)(C)C=C)CC1. The molecule has 0 aromatic carbocycles. The Kier molecular flexibility index (Phi) is 4.34. The highest BCUT2D eigenvalue weighted by Gasteiger charge is 2.34. The van der Waals surface area contributed by atoms with Gasteiger partial charge in [-0.05, 0) is 0 Å². The minimum Gasteiger partial charge on any atom is -0.318 e. The molecule has 4 heteroatoms. The molecule has 16 heavy (non-hydrogen) atoms. The van der Waals surface area contributed by atoms with E-state index >= 15 is 0 Å². The molecule has 0 aliphatic carbocycles. The molecule has 2 nitrogen and oxygen atoms in total. The maximum atomic E-state index is 3.99. The lowest BCUT2D eigenvalue weighted by Crippen LogP contribution is -2.61. The van der Waals surface area contributed by atoms with E-state index in [0.717, 1.165) is 0 Å². The third-order valence-corrected chi connectivity index (χ3v) is 10.1. The van der Waals surface area contributed by atoms with E-state index in [1.165, 1.54) is 26.2 Å². The van der Waals surface area contributed by atoms with Gasteiger partial charge >= 0.3 is 0 Å². The van der Waals surface area contributed by atoms with Gasteiger partial charge in [0.15, 0.2) is 0 Å². The molecule has 1 aliphatic rings. The van der Waals surface area contributed by atoms with E-state index in [4.69, 9.17) is 0 Å². The van der Waals surface area contributed by atoms with Crippen molar-refractivity contribution in [3.8, 4) is 0 Å². The largest absolute Gasteiger partial charge is 0.318 e. The molecule has 0 atom stereocenters. The number of nitrogens with zero attached hydrogens (tertiary/aromatic N) is 2. The normalized spacial score (nSPS) is 20.8. The zero-order chi connectivity index (χ0) is 12.4. The lowest BCUT2D eigenvalue weighted by molar-refractivity contribution is 0.266. The highest BCUT2D eigenvalue weighted by atomic mass is 28.3. The summed E-state index contributed by atoms with van der Waals surface area (Å²) in [4.78, 5) is 0. The topological polar surface area (TPSA) is 6.48 Å². The molecular weight excluding hydrogens is 228 g/mol. The zero-order valence-corrected chi connectivity index (χ0v) is 13.3. The fraction of sp³-hybridized carbons (Fsp3) is 0.667. The summed E-state index contributed by atoms with van der Waals surface area (Å²) in [6.45, 7) is 22.3. The van der Waals surface area contributed by atoms with Crippen molar-refractivity contribution in [3.63, 3.8) is 0 Å². The van der Waals surface area contributed by atoms with Crippen LogP contribution in [0.2, 0.25) is 26.2 Å². The van der Waals surface area contributed by atoms with Crippen LogP contribution in [-0.4, -0.2) is 51.8 Å². The Labute approximate surface area is 103 Å². The second-order valence-corrected chi connectivity index (χ2v) is 14.4. The van der Waals surface area contributed by atoms with Gasteiger partial charge in [0.05, 0.1) is 0 Å². The van der Waals surface area contributed by atoms with Crippen LogP contribution in [0.5, 0.6) is 0 Å². The molecule has 1 rings (SSSR count). The highest BCUT2D eigenvalue weighted by molar-refractivity contribution is 6.80. The van der Waals surface area contributed by atoms with Gasteiger partial charge in [0.1, 0.15) is 16.5 Å². The van der Waals surface area contributed by atoms with E-state index in [9.17, 15) is 0 Å². The number of piperazine rings is 1. The zero-order valence-electron chi connectivity index (χ0n) is 11.3. The van der Waals surface area contributed by atoms with Crippen LogP contribution in [0.1, 0.15) is 0 Å². The van der Waals surface area contributed by atoms with E-state index in [-0.39, 0.29) is 0 Å². The Morgan fingerprint density at radius 2 is 1.00 bits per heavy atom. The smallest absolute Gasteiger partial charge is 0.146 e. The van der Waals surface area contributed by atoms with Crippen molar-refractivity contribution < 1.29 is 0 Å². The molecular formula is C12H26N2Si2. The van der Waals surface area contributed by atoms with Gasteiger partial charge in [0.25, 0.3) is 0 Å². The highest BCUT2D eigenvalue weighted by Crippen LogP contribution is 2.18. The fourth-order valence-corrected chi connectivity index (χ4v) is 5.34. The average Bonchev–Trinajstić information content (AvgIpc) is 2.29. The van der Waals surface area contributed by atoms with Gasteiger partial charge in [-0.1, -0.05) is 37.6 Å². The van der Waals surface area contributed by atoms with Gasteiger partial charge in [-0.2, -0.15) is 0 Å². The van der Waals surface area contributed by atoms with Crippen LogP contribution >= 0.6 is 0 Å². The van der Waals surface area contributed by atoms with Crippen LogP contribution < -0.4 is 0 Å². The standard InChI is InChI=1S/C12H26N2Si2/c1-7-15(3,4)13-9-11-14(12-10-13)16(5,6)8-2/h7-8H,1-2,9-12H2,3-6H3. The van der Waals surface area contributed by atoms with E-state index < -0.39 is 16.5 Å². The summed E-state index contributed by atoms with van der Waals surface area (Å²) in [5, 5.41) is 0. The first-order valence-corrected chi connectivity index (χ1v) is 12.2. The lowest BCUT2D eigenvalue weighted by atomic mass is 10.4. The second kappa shape index (κ2) is 5.00. The van der Waals surface area contributed by atoms with Crippen molar-refractivity contribution >= 4 is 16.5 Å². The average molecular weight is 255 g/mol. The molecule has 0 unspecified atom stereocenters. The maximum absolute atomic E-state index is 3.99. The first kappa shape index (κ1) is 13.9. The third-order valence-electron chi connectivity index (χ3n) is 3.91. The first-order valence-electron chi connectivity index (χ1n) is 6.11. The van der Waals surface area contributed by atoms with Crippen LogP contribution in [-0.2, 0) is 0 Å². The van der Waals surface area contributed by atoms with Crippen molar-refractivity contribution in [3.05, 3.63) is 24.6 Å². The third kappa shape index (κ3) is 2.94. The molecule has 0 bridgehead atoms. The van der Waals surface area contributed by atoms with Crippen molar-refractivity contribution in [1.29, 1.82) is 0 Å². The molecule has 0 aromatic heterocycles. The van der Waals surface area contributed by atoms with Crippen LogP contribution in [0.3, 0.4) is 0 Å². The monoisotopic (exact) mass is 254 g/mol. The molecule has 0 N–H and O–H groups in total. The molecule has 0 aromatic rings. The summed E-state index contributed by atoms with van der Waals surface area (Å²) in [6.07, 6.45) is 0. The second-order valence-electron chi connectivity index (χ2n) is 5.69. The van der Waals surface area contributed by atoms with Crippen molar-refractivity contribution in [2.24, 2.45) is 0 Å². The molecule has 0 spiro atoms. The Morgan fingerprint density at radius 3 is 1.19 bits per heavy atom. The van der Waals surface area contributed by atoms with Crippen LogP contribution in [0.25, 0.3) is 0 Å². The summed E-state index contributed by atoms with van der Waals surface area (Å²) >= 11 is 0. The van der Waals surface area contributed by atoms with Gasteiger partial charge < -0.3 is 9.13 Å². The van der Waals surface area contributed by atoms with Crippen molar-refractivity contribution in [2.75, 3.05) is 26.2 Å². The Morgan fingerprint density at radius 1 is 0.750 bits per heavy atom. The predicted octanol–water partition coefficient (Wildman–Crippen LogP) is 2.46. The molecule has 92 valence electrons. The van der Waals surface area contributed by atoms with Gasteiger partial charge in [-0.15, -0.1) is 13.2 Å². The van der Waals surface area contributed by atoms with Crippen LogP contribution in [0, 0.1) is 0 Å². The lowest BCUT2D eigenvalue weighted by Gasteiger charge is -2.45. The summed E-state index contributed by atoms with van der Waals surface area (Å²) in [6, 6.07) is 0. The van der Waals surface area contributed by atoms with Crippen molar-refractivity contribution in [1.82, 2.24) is 9.13 Å². The molecule has 1 saturated heterocycles. The molecule has 1 fully saturated rings. The minimum absolute atomic E-state index is 1.20. The van der Waals surface area contributed by atoms with Gasteiger partial charge in [-0.3, -0.25) is 0 Å². The molecule has 0 saturated carbocycles. The van der Waals surface area contributed by atoms with Gasteiger partial charge in [-0.25, -0.2) is 0 Å². The Balaban J connectivity index is 2.58. The Bertz CT molecular complexity index is 238. The van der Waals surface area contributed by atoms with E-state index in [2.05, 4.69) is 59.9 Å². The molecule has 1 aliphatic heterocycles. The van der Waals surface area contributed by atoms with Crippen molar-refractivity contribution in [2.45, 2.75) is 26.2 Å². The summed E-state index contributed by atoms with van der Waals surface area (Å²) in [5.41, 5.74) is 4.39.